The van der Waals surface area contributed by atoms with Crippen LogP contribution in [0.1, 0.15) is 17.4 Å². The first-order chi connectivity index (χ1) is 12.7. The predicted octanol–water partition coefficient (Wildman–Crippen LogP) is 2.95. The maximum Gasteiger partial charge on any atom is 0.231 e. The Morgan fingerprint density at radius 1 is 0.808 bits per heavy atom. The zero-order valence-electron chi connectivity index (χ0n) is 14.1. The minimum absolute atomic E-state index is 0.0493. The SMILES string of the molecule is NC(=O)CNC(c1ccc2ccccc2n1)c1ccc2ccccc2n1. The van der Waals surface area contributed by atoms with Crippen LogP contribution in [0, 0.1) is 0 Å². The first-order valence-corrected chi connectivity index (χ1v) is 8.44. The second kappa shape index (κ2) is 6.90. The minimum atomic E-state index is -0.420. The van der Waals surface area contributed by atoms with Gasteiger partial charge in [-0.2, -0.15) is 0 Å². The summed E-state index contributed by atoms with van der Waals surface area (Å²) in [5.74, 6) is -0.420. The van der Waals surface area contributed by atoms with Gasteiger partial charge >= 0.3 is 0 Å². The normalized spacial score (nSPS) is 11.3. The molecule has 2 aromatic carbocycles. The van der Waals surface area contributed by atoms with Crippen molar-refractivity contribution in [2.45, 2.75) is 6.04 Å². The predicted molar refractivity (Wildman–Crippen MR) is 103 cm³/mol. The largest absolute Gasteiger partial charge is 0.369 e. The van der Waals surface area contributed by atoms with E-state index < -0.39 is 5.91 Å². The van der Waals surface area contributed by atoms with E-state index in [9.17, 15) is 4.79 Å². The fourth-order valence-corrected chi connectivity index (χ4v) is 3.05. The van der Waals surface area contributed by atoms with Gasteiger partial charge in [-0.15, -0.1) is 0 Å². The number of para-hydroxylation sites is 2. The summed E-state index contributed by atoms with van der Waals surface area (Å²) >= 11 is 0. The highest BCUT2D eigenvalue weighted by Gasteiger charge is 2.18. The molecule has 0 saturated carbocycles. The van der Waals surface area contributed by atoms with Crippen molar-refractivity contribution in [1.82, 2.24) is 15.3 Å². The van der Waals surface area contributed by atoms with E-state index in [0.29, 0.717) is 0 Å². The average Bonchev–Trinajstić information content (AvgIpc) is 2.67. The molecule has 0 aliphatic heterocycles. The van der Waals surface area contributed by atoms with E-state index in [1.54, 1.807) is 0 Å². The summed E-state index contributed by atoms with van der Waals surface area (Å²) in [6, 6.07) is 23.5. The third-order valence-corrected chi connectivity index (χ3v) is 4.31. The number of primary amides is 1. The molecule has 2 aromatic heterocycles. The number of carbonyl (C=O) groups is 1. The molecule has 2 heterocycles. The third-order valence-electron chi connectivity index (χ3n) is 4.31. The van der Waals surface area contributed by atoms with Crippen LogP contribution in [0.25, 0.3) is 21.8 Å². The fraction of sp³-hybridized carbons (Fsp3) is 0.0952. The first-order valence-electron chi connectivity index (χ1n) is 8.44. The van der Waals surface area contributed by atoms with Gasteiger partial charge in [-0.05, 0) is 24.3 Å². The van der Waals surface area contributed by atoms with Crippen LogP contribution in [0.4, 0.5) is 0 Å². The molecule has 5 nitrogen and oxygen atoms in total. The van der Waals surface area contributed by atoms with E-state index >= 15 is 0 Å². The van der Waals surface area contributed by atoms with Crippen LogP contribution in [0.3, 0.4) is 0 Å². The van der Waals surface area contributed by atoms with Crippen molar-refractivity contribution in [3.63, 3.8) is 0 Å². The molecule has 4 rings (SSSR count). The summed E-state index contributed by atoms with van der Waals surface area (Å²) in [6.45, 7) is 0.0493. The average molecular weight is 342 g/mol. The number of rotatable bonds is 5. The van der Waals surface area contributed by atoms with Gasteiger partial charge < -0.3 is 5.73 Å². The van der Waals surface area contributed by atoms with Crippen molar-refractivity contribution in [3.8, 4) is 0 Å². The highest BCUT2D eigenvalue weighted by molar-refractivity contribution is 5.80. The number of pyridine rings is 2. The van der Waals surface area contributed by atoms with Crippen LogP contribution >= 0.6 is 0 Å². The number of nitrogens with zero attached hydrogens (tertiary/aromatic N) is 2. The van der Waals surface area contributed by atoms with Crippen LogP contribution in [-0.4, -0.2) is 22.4 Å². The molecular weight excluding hydrogens is 324 g/mol. The van der Waals surface area contributed by atoms with Gasteiger partial charge in [0.2, 0.25) is 5.91 Å². The van der Waals surface area contributed by atoms with Gasteiger partial charge in [0, 0.05) is 10.8 Å². The number of benzene rings is 2. The Hall–Kier alpha value is -3.31. The number of hydrogen-bond acceptors (Lipinski definition) is 4. The van der Waals surface area contributed by atoms with Gasteiger partial charge in [-0.1, -0.05) is 48.5 Å². The molecule has 0 aliphatic rings. The van der Waals surface area contributed by atoms with E-state index in [-0.39, 0.29) is 12.6 Å². The molecule has 0 spiro atoms. The summed E-state index contributed by atoms with van der Waals surface area (Å²) in [6.07, 6.45) is 0. The molecular formula is C21H18N4O. The number of fused-ring (bicyclic) bond motifs is 2. The minimum Gasteiger partial charge on any atom is -0.369 e. The maximum atomic E-state index is 11.3. The Balaban J connectivity index is 1.80. The lowest BCUT2D eigenvalue weighted by molar-refractivity contribution is -0.117. The van der Waals surface area contributed by atoms with Crippen LogP contribution in [0.5, 0.6) is 0 Å². The Morgan fingerprint density at radius 2 is 1.31 bits per heavy atom. The summed E-state index contributed by atoms with van der Waals surface area (Å²) in [5, 5.41) is 5.31. The monoisotopic (exact) mass is 342 g/mol. The van der Waals surface area contributed by atoms with E-state index in [4.69, 9.17) is 15.7 Å². The number of carbonyl (C=O) groups excluding carboxylic acids is 1. The topological polar surface area (TPSA) is 80.9 Å². The molecule has 0 aliphatic carbocycles. The number of nitrogens with one attached hydrogen (secondary N) is 1. The summed E-state index contributed by atoms with van der Waals surface area (Å²) in [5.41, 5.74) is 8.73. The molecule has 1 amide bonds. The van der Waals surface area contributed by atoms with Crippen molar-refractivity contribution in [1.29, 1.82) is 0 Å². The second-order valence-electron chi connectivity index (χ2n) is 6.14. The van der Waals surface area contributed by atoms with Crippen molar-refractivity contribution in [3.05, 3.63) is 84.2 Å². The molecule has 5 heteroatoms. The molecule has 0 fully saturated rings. The smallest absolute Gasteiger partial charge is 0.231 e. The molecule has 26 heavy (non-hydrogen) atoms. The van der Waals surface area contributed by atoms with E-state index in [1.165, 1.54) is 0 Å². The van der Waals surface area contributed by atoms with Gasteiger partial charge in [0.05, 0.1) is 35.0 Å². The second-order valence-corrected chi connectivity index (χ2v) is 6.14. The van der Waals surface area contributed by atoms with E-state index in [2.05, 4.69) is 5.32 Å². The molecule has 0 atom stereocenters. The van der Waals surface area contributed by atoms with Crippen LogP contribution in [-0.2, 0) is 4.79 Å². The molecule has 0 bridgehead atoms. The zero-order valence-corrected chi connectivity index (χ0v) is 14.1. The lowest BCUT2D eigenvalue weighted by Crippen LogP contribution is -2.33. The Labute approximate surface area is 150 Å². The Morgan fingerprint density at radius 3 is 1.81 bits per heavy atom. The molecule has 0 radical (unpaired) electrons. The number of amides is 1. The van der Waals surface area contributed by atoms with Gasteiger partial charge in [0.1, 0.15) is 0 Å². The summed E-state index contributed by atoms with van der Waals surface area (Å²) < 4.78 is 0. The van der Waals surface area contributed by atoms with Crippen LogP contribution < -0.4 is 11.1 Å². The highest BCUT2D eigenvalue weighted by Crippen LogP contribution is 2.23. The molecule has 0 unspecified atom stereocenters. The van der Waals surface area contributed by atoms with Crippen molar-refractivity contribution in [2.24, 2.45) is 5.73 Å². The van der Waals surface area contributed by atoms with Crippen molar-refractivity contribution >= 4 is 27.7 Å². The number of nitrogens with two attached hydrogens (primary N) is 1. The highest BCUT2D eigenvalue weighted by atomic mass is 16.1. The quantitative estimate of drug-likeness (QED) is 0.584. The summed E-state index contributed by atoms with van der Waals surface area (Å²) in [7, 11) is 0. The number of hydrogen-bond donors (Lipinski definition) is 2. The summed E-state index contributed by atoms with van der Waals surface area (Å²) in [4.78, 5) is 20.8. The fourth-order valence-electron chi connectivity index (χ4n) is 3.05. The maximum absolute atomic E-state index is 11.3. The Kier molecular flexibility index (Phi) is 4.29. The first kappa shape index (κ1) is 16.2. The van der Waals surface area contributed by atoms with Crippen molar-refractivity contribution < 1.29 is 4.79 Å². The molecule has 0 saturated heterocycles. The van der Waals surface area contributed by atoms with Crippen molar-refractivity contribution in [2.75, 3.05) is 6.54 Å². The number of aromatic nitrogens is 2. The van der Waals surface area contributed by atoms with Gasteiger partial charge in [-0.25, -0.2) is 0 Å². The standard InChI is InChI=1S/C21H18N4O/c22-20(26)13-23-21(18-11-9-14-5-1-3-7-16(14)24-18)19-12-10-15-6-2-4-8-17(15)25-19/h1-12,21,23H,13H2,(H2,22,26). The lowest BCUT2D eigenvalue weighted by atomic mass is 10.1. The van der Waals surface area contributed by atoms with Gasteiger partial charge in [0.15, 0.2) is 0 Å². The molecule has 4 aromatic rings. The van der Waals surface area contributed by atoms with Gasteiger partial charge in [-0.3, -0.25) is 20.1 Å². The molecule has 128 valence electrons. The zero-order chi connectivity index (χ0) is 17.9. The van der Waals surface area contributed by atoms with E-state index in [0.717, 1.165) is 33.2 Å². The van der Waals surface area contributed by atoms with Gasteiger partial charge in [0.25, 0.3) is 0 Å². The third kappa shape index (κ3) is 3.25. The van der Waals surface area contributed by atoms with Crippen LogP contribution in [0.15, 0.2) is 72.8 Å². The molecule has 3 N–H and O–H groups in total. The Bertz CT molecular complexity index is 1010. The van der Waals surface area contributed by atoms with E-state index in [1.807, 2.05) is 72.8 Å². The van der Waals surface area contributed by atoms with Crippen LogP contribution in [0.2, 0.25) is 0 Å². The lowest BCUT2D eigenvalue weighted by Gasteiger charge is -2.18.